The zero-order valence-corrected chi connectivity index (χ0v) is 12.9. The van der Waals surface area contributed by atoms with Crippen LogP contribution in [-0.2, 0) is 10.0 Å². The summed E-state index contributed by atoms with van der Waals surface area (Å²) < 4.78 is 32.5. The van der Waals surface area contributed by atoms with Crippen molar-refractivity contribution < 1.29 is 13.2 Å². The lowest BCUT2D eigenvalue weighted by molar-refractivity contribution is 0.337. The van der Waals surface area contributed by atoms with E-state index in [9.17, 15) is 8.42 Å². The average Bonchev–Trinajstić information content (AvgIpc) is 2.31. The van der Waals surface area contributed by atoms with Crippen LogP contribution in [0, 0.1) is 6.92 Å². The number of nitrogens with one attached hydrogen (secondary N) is 1. The third kappa shape index (κ3) is 4.51. The van der Waals surface area contributed by atoms with Crippen LogP contribution in [0.1, 0.15) is 39.2 Å². The molecule has 0 bridgehead atoms. The maximum absolute atomic E-state index is 12.2. The van der Waals surface area contributed by atoms with Crippen LogP contribution in [0.15, 0.2) is 23.1 Å². The smallest absolute Gasteiger partial charge is 0.240 e. The van der Waals surface area contributed by atoms with E-state index in [1.54, 1.807) is 18.2 Å². The van der Waals surface area contributed by atoms with Crippen LogP contribution in [-0.4, -0.2) is 21.1 Å². The standard InChI is InChI=1S/C14H23NO3S/c1-5-7-12(4)15-19(16,17)13-8-9-14(18-6-2)11(3)10-13/h8-10,12,15H,5-7H2,1-4H3/t12-/m1/s1. The van der Waals surface area contributed by atoms with Gasteiger partial charge in [-0.1, -0.05) is 13.3 Å². The Morgan fingerprint density at radius 1 is 1.32 bits per heavy atom. The Morgan fingerprint density at radius 2 is 2.00 bits per heavy atom. The first-order chi connectivity index (χ1) is 8.90. The van der Waals surface area contributed by atoms with Gasteiger partial charge < -0.3 is 4.74 Å². The van der Waals surface area contributed by atoms with Crippen molar-refractivity contribution in [1.29, 1.82) is 0 Å². The van der Waals surface area contributed by atoms with E-state index >= 15 is 0 Å². The van der Waals surface area contributed by atoms with E-state index in [-0.39, 0.29) is 10.9 Å². The van der Waals surface area contributed by atoms with E-state index in [1.165, 1.54) is 0 Å². The second kappa shape index (κ2) is 6.91. The number of hydrogen-bond donors (Lipinski definition) is 1. The molecule has 0 aliphatic carbocycles. The minimum atomic E-state index is -3.44. The molecule has 0 fully saturated rings. The first-order valence-corrected chi connectivity index (χ1v) is 8.14. The molecule has 1 rings (SSSR count). The van der Waals surface area contributed by atoms with Gasteiger partial charge in [-0.15, -0.1) is 0 Å². The molecule has 1 atom stereocenters. The fourth-order valence-corrected chi connectivity index (χ4v) is 3.29. The van der Waals surface area contributed by atoms with Crippen molar-refractivity contribution in [3.8, 4) is 5.75 Å². The summed E-state index contributed by atoms with van der Waals surface area (Å²) in [6.45, 7) is 8.23. The Bertz CT molecular complexity index is 511. The molecule has 108 valence electrons. The van der Waals surface area contributed by atoms with Crippen LogP contribution in [0.4, 0.5) is 0 Å². The molecule has 0 spiro atoms. The molecule has 0 heterocycles. The van der Waals surface area contributed by atoms with Crippen molar-refractivity contribution in [2.75, 3.05) is 6.61 Å². The van der Waals surface area contributed by atoms with E-state index < -0.39 is 10.0 Å². The topological polar surface area (TPSA) is 55.4 Å². The molecule has 5 heteroatoms. The van der Waals surface area contributed by atoms with Crippen LogP contribution in [0.5, 0.6) is 5.75 Å². The quantitative estimate of drug-likeness (QED) is 0.838. The lowest BCUT2D eigenvalue weighted by atomic mass is 10.2. The highest BCUT2D eigenvalue weighted by molar-refractivity contribution is 7.89. The SMILES string of the molecule is CCC[C@@H](C)NS(=O)(=O)c1ccc(OCC)c(C)c1. The van der Waals surface area contributed by atoms with E-state index in [0.717, 1.165) is 24.2 Å². The Balaban J connectivity index is 2.93. The zero-order valence-electron chi connectivity index (χ0n) is 12.1. The highest BCUT2D eigenvalue weighted by Gasteiger charge is 2.17. The summed E-state index contributed by atoms with van der Waals surface area (Å²) in [5.74, 6) is 0.725. The summed E-state index contributed by atoms with van der Waals surface area (Å²) >= 11 is 0. The van der Waals surface area contributed by atoms with Gasteiger partial charge in [-0.3, -0.25) is 0 Å². The molecular formula is C14H23NO3S. The van der Waals surface area contributed by atoms with Crippen LogP contribution < -0.4 is 9.46 Å². The molecule has 0 aliphatic heterocycles. The fourth-order valence-electron chi connectivity index (χ4n) is 1.93. The second-order valence-corrected chi connectivity index (χ2v) is 6.39. The average molecular weight is 285 g/mol. The van der Waals surface area contributed by atoms with Crippen molar-refractivity contribution in [2.24, 2.45) is 0 Å². The molecule has 0 unspecified atom stereocenters. The molecule has 0 radical (unpaired) electrons. The van der Waals surface area contributed by atoms with Crippen LogP contribution in [0.25, 0.3) is 0 Å². The molecule has 0 aromatic heterocycles. The Labute approximate surface area is 116 Å². The highest BCUT2D eigenvalue weighted by Crippen LogP contribution is 2.22. The summed E-state index contributed by atoms with van der Waals surface area (Å²) in [5, 5.41) is 0. The molecule has 4 nitrogen and oxygen atoms in total. The molecule has 0 saturated heterocycles. The summed E-state index contributed by atoms with van der Waals surface area (Å²) in [4.78, 5) is 0.288. The largest absolute Gasteiger partial charge is 0.494 e. The van der Waals surface area contributed by atoms with Gasteiger partial charge in [0.15, 0.2) is 0 Å². The summed E-state index contributed by atoms with van der Waals surface area (Å²) in [6.07, 6.45) is 1.78. The molecule has 1 N–H and O–H groups in total. The lowest BCUT2D eigenvalue weighted by Crippen LogP contribution is -2.32. The Morgan fingerprint density at radius 3 is 2.53 bits per heavy atom. The minimum Gasteiger partial charge on any atom is -0.494 e. The van der Waals surface area contributed by atoms with E-state index in [2.05, 4.69) is 4.72 Å². The first kappa shape index (κ1) is 16.0. The molecule has 1 aromatic rings. The Kier molecular flexibility index (Phi) is 5.82. The van der Waals surface area contributed by atoms with E-state index in [1.807, 2.05) is 27.7 Å². The van der Waals surface area contributed by atoms with Gasteiger partial charge in [0.05, 0.1) is 11.5 Å². The van der Waals surface area contributed by atoms with Crippen molar-refractivity contribution >= 4 is 10.0 Å². The Hall–Kier alpha value is -1.07. The highest BCUT2D eigenvalue weighted by atomic mass is 32.2. The number of rotatable bonds is 7. The number of benzene rings is 1. The van der Waals surface area contributed by atoms with Gasteiger partial charge in [0.2, 0.25) is 10.0 Å². The second-order valence-electron chi connectivity index (χ2n) is 4.67. The van der Waals surface area contributed by atoms with Crippen molar-refractivity contribution in [2.45, 2.75) is 51.5 Å². The van der Waals surface area contributed by atoms with Gasteiger partial charge in [0.25, 0.3) is 0 Å². The van der Waals surface area contributed by atoms with Crippen molar-refractivity contribution in [1.82, 2.24) is 4.72 Å². The maximum atomic E-state index is 12.2. The van der Waals surface area contributed by atoms with Crippen LogP contribution in [0.3, 0.4) is 0 Å². The van der Waals surface area contributed by atoms with E-state index in [4.69, 9.17) is 4.74 Å². The zero-order chi connectivity index (χ0) is 14.5. The number of hydrogen-bond acceptors (Lipinski definition) is 3. The normalized spacial score (nSPS) is 13.3. The molecule has 0 saturated carbocycles. The predicted molar refractivity (Wildman–Crippen MR) is 77.0 cm³/mol. The summed E-state index contributed by atoms with van der Waals surface area (Å²) in [7, 11) is -3.44. The fraction of sp³-hybridized carbons (Fsp3) is 0.571. The first-order valence-electron chi connectivity index (χ1n) is 6.66. The van der Waals surface area contributed by atoms with Crippen LogP contribution in [0.2, 0.25) is 0 Å². The number of sulfonamides is 1. The molecule has 1 aromatic carbocycles. The molecule has 19 heavy (non-hydrogen) atoms. The third-order valence-corrected chi connectivity index (χ3v) is 4.42. The number of ether oxygens (including phenoxy) is 1. The van der Waals surface area contributed by atoms with Gasteiger partial charge in [-0.2, -0.15) is 0 Å². The van der Waals surface area contributed by atoms with Gasteiger partial charge in [0, 0.05) is 6.04 Å². The van der Waals surface area contributed by atoms with Crippen LogP contribution >= 0.6 is 0 Å². The third-order valence-electron chi connectivity index (χ3n) is 2.83. The predicted octanol–water partition coefficient (Wildman–Crippen LogP) is 2.86. The van der Waals surface area contributed by atoms with Gasteiger partial charge in [-0.05, 0) is 51.0 Å². The molecule has 0 amide bonds. The van der Waals surface area contributed by atoms with Gasteiger partial charge >= 0.3 is 0 Å². The van der Waals surface area contributed by atoms with Gasteiger partial charge in [0.1, 0.15) is 5.75 Å². The van der Waals surface area contributed by atoms with E-state index in [0.29, 0.717) is 6.61 Å². The minimum absolute atomic E-state index is 0.0538. The van der Waals surface area contributed by atoms with Crippen molar-refractivity contribution in [3.05, 3.63) is 23.8 Å². The maximum Gasteiger partial charge on any atom is 0.240 e. The van der Waals surface area contributed by atoms with Crippen molar-refractivity contribution in [3.63, 3.8) is 0 Å². The molecule has 0 aliphatic rings. The molecular weight excluding hydrogens is 262 g/mol. The summed E-state index contributed by atoms with van der Waals surface area (Å²) in [6, 6.07) is 4.88. The number of aryl methyl sites for hydroxylation is 1. The monoisotopic (exact) mass is 285 g/mol. The summed E-state index contributed by atoms with van der Waals surface area (Å²) in [5.41, 5.74) is 0.827. The lowest BCUT2D eigenvalue weighted by Gasteiger charge is -2.14. The van der Waals surface area contributed by atoms with Gasteiger partial charge in [-0.25, -0.2) is 13.1 Å².